The van der Waals surface area contributed by atoms with Gasteiger partial charge >= 0.3 is 5.97 Å². The van der Waals surface area contributed by atoms with Gasteiger partial charge in [-0.25, -0.2) is 9.48 Å². The van der Waals surface area contributed by atoms with Gasteiger partial charge in [0.15, 0.2) is 0 Å². The number of methoxy groups -OCH3 is 1. The highest BCUT2D eigenvalue weighted by molar-refractivity contribution is 5.92. The van der Waals surface area contributed by atoms with Crippen molar-refractivity contribution in [1.29, 1.82) is 0 Å². The van der Waals surface area contributed by atoms with E-state index in [-0.39, 0.29) is 0 Å². The molecule has 0 spiro atoms. The van der Waals surface area contributed by atoms with E-state index in [0.717, 1.165) is 11.3 Å². The number of carbonyl (C=O) groups is 1. The highest BCUT2D eigenvalue weighted by Gasteiger charge is 2.33. The average molecular weight is 314 g/mol. The van der Waals surface area contributed by atoms with Gasteiger partial charge < -0.3 is 14.8 Å². The Morgan fingerprint density at radius 1 is 1.35 bits per heavy atom. The summed E-state index contributed by atoms with van der Waals surface area (Å²) in [5, 5.41) is 7.32. The number of nitrogens with one attached hydrogen (secondary N) is 1. The number of nitrogens with zero attached hydrogens (tertiary/aromatic N) is 3. The van der Waals surface area contributed by atoms with Crippen LogP contribution in [0.3, 0.4) is 0 Å². The number of rotatable bonds is 4. The molecule has 1 atom stereocenters. The van der Waals surface area contributed by atoms with Gasteiger partial charge in [0.2, 0.25) is 5.95 Å². The standard InChI is InChI=1S/C16H18N4O3/c1-4-23-12-7-5-11(6-8-12)14-13(15(21)22-3)10(2)19-16-17-9-18-20(14)16/h5-9,14H,4H2,1-3H3,(H,17,18,19)/t14-/m1/s1. The molecule has 0 saturated carbocycles. The first-order valence-corrected chi connectivity index (χ1v) is 7.34. The smallest absolute Gasteiger partial charge is 0.338 e. The van der Waals surface area contributed by atoms with Crippen LogP contribution < -0.4 is 10.1 Å². The van der Waals surface area contributed by atoms with E-state index in [0.29, 0.717) is 23.8 Å². The second kappa shape index (κ2) is 6.12. The number of esters is 1. The van der Waals surface area contributed by atoms with E-state index in [1.54, 1.807) is 4.68 Å². The van der Waals surface area contributed by atoms with Gasteiger partial charge in [-0.05, 0) is 31.5 Å². The highest BCUT2D eigenvalue weighted by Crippen LogP contribution is 2.35. The van der Waals surface area contributed by atoms with Crippen LogP contribution in [0.2, 0.25) is 0 Å². The molecule has 0 amide bonds. The average Bonchev–Trinajstić information content (AvgIpc) is 3.02. The van der Waals surface area contributed by atoms with Crippen molar-refractivity contribution in [2.75, 3.05) is 19.0 Å². The fourth-order valence-electron chi connectivity index (χ4n) is 2.69. The normalized spacial score (nSPS) is 16.6. The van der Waals surface area contributed by atoms with Crippen LogP contribution in [0.15, 0.2) is 41.9 Å². The van der Waals surface area contributed by atoms with Crippen molar-refractivity contribution < 1.29 is 14.3 Å². The van der Waals surface area contributed by atoms with Crippen molar-refractivity contribution in [3.8, 4) is 5.75 Å². The predicted octanol–water partition coefficient (Wildman–Crippen LogP) is 2.14. The van der Waals surface area contributed by atoms with Crippen LogP contribution >= 0.6 is 0 Å². The number of allylic oxidation sites excluding steroid dienone is 1. The third kappa shape index (κ3) is 2.65. The Morgan fingerprint density at radius 2 is 2.09 bits per heavy atom. The Morgan fingerprint density at radius 3 is 2.74 bits per heavy atom. The monoisotopic (exact) mass is 314 g/mol. The van der Waals surface area contributed by atoms with E-state index in [2.05, 4.69) is 15.4 Å². The summed E-state index contributed by atoms with van der Waals surface area (Å²) in [6.45, 7) is 4.36. The maximum atomic E-state index is 12.3. The SMILES string of the molecule is CCOc1ccc([C@@H]2C(C(=O)OC)=C(C)Nc3ncnn32)cc1. The Bertz CT molecular complexity index is 749. The Hall–Kier alpha value is -2.83. The van der Waals surface area contributed by atoms with Crippen molar-refractivity contribution in [1.82, 2.24) is 14.8 Å². The summed E-state index contributed by atoms with van der Waals surface area (Å²) >= 11 is 0. The molecule has 3 rings (SSSR count). The van der Waals surface area contributed by atoms with Crippen LogP contribution in [0.5, 0.6) is 5.75 Å². The number of hydrogen-bond acceptors (Lipinski definition) is 6. The zero-order chi connectivity index (χ0) is 16.4. The van der Waals surface area contributed by atoms with Gasteiger partial charge in [-0.15, -0.1) is 0 Å². The minimum absolute atomic E-state index is 0.392. The van der Waals surface area contributed by atoms with E-state index in [4.69, 9.17) is 9.47 Å². The molecule has 2 heterocycles. The third-order valence-electron chi connectivity index (χ3n) is 3.71. The van der Waals surface area contributed by atoms with Gasteiger partial charge in [0, 0.05) is 5.70 Å². The molecule has 0 bridgehead atoms. The fraction of sp³-hybridized carbons (Fsp3) is 0.312. The van der Waals surface area contributed by atoms with E-state index < -0.39 is 12.0 Å². The van der Waals surface area contributed by atoms with Crippen LogP contribution in [0.4, 0.5) is 5.95 Å². The van der Waals surface area contributed by atoms with Crippen molar-refractivity contribution in [2.24, 2.45) is 0 Å². The van der Waals surface area contributed by atoms with Crippen LogP contribution in [0.25, 0.3) is 0 Å². The van der Waals surface area contributed by atoms with Crippen LogP contribution in [0, 0.1) is 0 Å². The first kappa shape index (κ1) is 15.1. The molecule has 1 aromatic heterocycles. The summed E-state index contributed by atoms with van der Waals surface area (Å²) in [4.78, 5) is 16.4. The molecule has 1 N–H and O–H groups in total. The minimum Gasteiger partial charge on any atom is -0.494 e. The largest absolute Gasteiger partial charge is 0.494 e. The third-order valence-corrected chi connectivity index (χ3v) is 3.71. The van der Waals surface area contributed by atoms with Crippen molar-refractivity contribution >= 4 is 11.9 Å². The summed E-state index contributed by atoms with van der Waals surface area (Å²) < 4.78 is 12.1. The molecule has 7 nitrogen and oxygen atoms in total. The Kier molecular flexibility index (Phi) is 4.01. The topological polar surface area (TPSA) is 78.3 Å². The second-order valence-electron chi connectivity index (χ2n) is 5.09. The number of aromatic nitrogens is 3. The van der Waals surface area contributed by atoms with Gasteiger partial charge in [-0.1, -0.05) is 12.1 Å². The maximum Gasteiger partial charge on any atom is 0.338 e. The number of fused-ring (bicyclic) bond motifs is 1. The lowest BCUT2D eigenvalue weighted by atomic mass is 9.96. The van der Waals surface area contributed by atoms with E-state index >= 15 is 0 Å². The zero-order valence-corrected chi connectivity index (χ0v) is 13.2. The van der Waals surface area contributed by atoms with Crippen molar-refractivity contribution in [3.05, 3.63) is 47.4 Å². The molecule has 0 fully saturated rings. The second-order valence-corrected chi connectivity index (χ2v) is 5.09. The molecule has 0 radical (unpaired) electrons. The first-order valence-electron chi connectivity index (χ1n) is 7.34. The minimum atomic E-state index is -0.393. The summed E-state index contributed by atoms with van der Waals surface area (Å²) in [6.07, 6.45) is 1.46. The lowest BCUT2D eigenvalue weighted by Gasteiger charge is -2.27. The van der Waals surface area contributed by atoms with Gasteiger partial charge in [-0.2, -0.15) is 10.1 Å². The summed E-state index contributed by atoms with van der Waals surface area (Å²) in [7, 11) is 1.37. The van der Waals surface area contributed by atoms with Gasteiger partial charge in [0.1, 0.15) is 18.1 Å². The van der Waals surface area contributed by atoms with Crippen LogP contribution in [-0.4, -0.2) is 34.5 Å². The molecular weight excluding hydrogens is 296 g/mol. The lowest BCUT2D eigenvalue weighted by molar-refractivity contribution is -0.136. The van der Waals surface area contributed by atoms with Crippen LogP contribution in [0.1, 0.15) is 25.5 Å². The molecule has 120 valence electrons. The van der Waals surface area contributed by atoms with Crippen LogP contribution in [-0.2, 0) is 9.53 Å². The Balaban J connectivity index is 2.07. The molecule has 0 saturated heterocycles. The molecule has 1 aliphatic rings. The molecule has 23 heavy (non-hydrogen) atoms. The quantitative estimate of drug-likeness (QED) is 0.871. The molecule has 7 heteroatoms. The van der Waals surface area contributed by atoms with Gasteiger partial charge in [0.05, 0.1) is 19.3 Å². The van der Waals surface area contributed by atoms with Gasteiger partial charge in [0.25, 0.3) is 0 Å². The molecule has 0 unspecified atom stereocenters. The molecule has 1 aromatic carbocycles. The maximum absolute atomic E-state index is 12.3. The highest BCUT2D eigenvalue weighted by atomic mass is 16.5. The number of hydrogen-bond donors (Lipinski definition) is 1. The summed E-state index contributed by atoms with van der Waals surface area (Å²) in [6, 6.07) is 7.20. The predicted molar refractivity (Wildman–Crippen MR) is 84.1 cm³/mol. The molecule has 2 aromatic rings. The molecule has 0 aliphatic carbocycles. The van der Waals surface area contributed by atoms with Gasteiger partial charge in [-0.3, -0.25) is 0 Å². The first-order chi connectivity index (χ1) is 11.2. The Labute approximate surface area is 133 Å². The summed E-state index contributed by atoms with van der Waals surface area (Å²) in [5.74, 6) is 0.980. The van der Waals surface area contributed by atoms with E-state index in [1.165, 1.54) is 13.4 Å². The molecule has 1 aliphatic heterocycles. The fourth-order valence-corrected chi connectivity index (χ4v) is 2.69. The van der Waals surface area contributed by atoms with E-state index in [1.807, 2.05) is 38.1 Å². The number of ether oxygens (including phenoxy) is 2. The number of benzene rings is 1. The number of anilines is 1. The summed E-state index contributed by atoms with van der Waals surface area (Å²) in [5.41, 5.74) is 2.12. The van der Waals surface area contributed by atoms with E-state index in [9.17, 15) is 4.79 Å². The van der Waals surface area contributed by atoms with Crippen molar-refractivity contribution in [3.63, 3.8) is 0 Å². The zero-order valence-electron chi connectivity index (χ0n) is 13.2. The lowest BCUT2D eigenvalue weighted by Crippen LogP contribution is -2.29. The molecular formula is C16H18N4O3. The van der Waals surface area contributed by atoms with Crippen molar-refractivity contribution in [2.45, 2.75) is 19.9 Å². The number of carbonyl (C=O) groups excluding carboxylic acids is 1.